The van der Waals surface area contributed by atoms with Crippen LogP contribution in [0.5, 0.6) is 5.75 Å². The van der Waals surface area contributed by atoms with Gasteiger partial charge in [-0.3, -0.25) is 4.79 Å². The molecule has 1 amide bonds. The largest absolute Gasteiger partial charge is 0.481 e. The quantitative estimate of drug-likeness (QED) is 0.928. The first-order valence-corrected chi connectivity index (χ1v) is 9.41. The van der Waals surface area contributed by atoms with Crippen LogP contribution in [0.1, 0.15) is 13.3 Å². The SMILES string of the molecule is C[C@H](Oc1ccc2ccccc2c1)C(=O)N[C@@H]1CCS(=O)(=O)C1. The molecule has 0 saturated carbocycles. The first-order valence-electron chi connectivity index (χ1n) is 7.59. The molecular weight excluding hydrogens is 314 g/mol. The Morgan fingerprint density at radius 3 is 2.65 bits per heavy atom. The summed E-state index contributed by atoms with van der Waals surface area (Å²) in [5.41, 5.74) is 0. The molecule has 0 aromatic heterocycles. The maximum atomic E-state index is 12.1. The maximum absolute atomic E-state index is 12.1. The average Bonchev–Trinajstić information content (AvgIpc) is 2.86. The molecule has 2 atom stereocenters. The monoisotopic (exact) mass is 333 g/mol. The van der Waals surface area contributed by atoms with Crippen molar-refractivity contribution in [2.75, 3.05) is 11.5 Å². The summed E-state index contributed by atoms with van der Waals surface area (Å²) in [5, 5.41) is 4.89. The van der Waals surface area contributed by atoms with Gasteiger partial charge in [0.25, 0.3) is 5.91 Å². The fraction of sp³-hybridized carbons (Fsp3) is 0.353. The van der Waals surface area contributed by atoms with E-state index in [1.807, 2.05) is 42.5 Å². The van der Waals surface area contributed by atoms with Gasteiger partial charge in [0.05, 0.1) is 11.5 Å². The molecule has 0 bridgehead atoms. The number of nitrogens with one attached hydrogen (secondary N) is 1. The average molecular weight is 333 g/mol. The molecule has 1 heterocycles. The normalized spacial score (nSPS) is 21.0. The summed E-state index contributed by atoms with van der Waals surface area (Å²) in [7, 11) is -3.01. The summed E-state index contributed by atoms with van der Waals surface area (Å²) < 4.78 is 28.5. The molecule has 6 heteroatoms. The van der Waals surface area contributed by atoms with Crippen molar-refractivity contribution in [2.24, 2.45) is 0 Å². The molecule has 122 valence electrons. The van der Waals surface area contributed by atoms with Gasteiger partial charge in [-0.25, -0.2) is 8.42 Å². The number of carbonyl (C=O) groups excluding carboxylic acids is 1. The van der Waals surface area contributed by atoms with Crippen molar-refractivity contribution in [2.45, 2.75) is 25.5 Å². The van der Waals surface area contributed by atoms with Crippen molar-refractivity contribution >= 4 is 26.5 Å². The second kappa shape index (κ2) is 6.20. The molecule has 1 fully saturated rings. The van der Waals surface area contributed by atoms with Gasteiger partial charge < -0.3 is 10.1 Å². The van der Waals surface area contributed by atoms with Crippen LogP contribution in [0.25, 0.3) is 10.8 Å². The smallest absolute Gasteiger partial charge is 0.261 e. The van der Waals surface area contributed by atoms with Gasteiger partial charge >= 0.3 is 0 Å². The summed E-state index contributed by atoms with van der Waals surface area (Å²) in [6.07, 6.45) is -0.212. The third-order valence-electron chi connectivity index (χ3n) is 3.98. The van der Waals surface area contributed by atoms with Gasteiger partial charge in [0, 0.05) is 6.04 Å². The van der Waals surface area contributed by atoms with Gasteiger partial charge in [0.2, 0.25) is 0 Å². The summed E-state index contributed by atoms with van der Waals surface area (Å²) >= 11 is 0. The minimum absolute atomic E-state index is 0.0153. The summed E-state index contributed by atoms with van der Waals surface area (Å²) in [6.45, 7) is 1.66. The fourth-order valence-electron chi connectivity index (χ4n) is 2.73. The van der Waals surface area contributed by atoms with Crippen molar-refractivity contribution in [3.05, 3.63) is 42.5 Å². The Bertz CT molecular complexity index is 831. The first kappa shape index (κ1) is 15.8. The van der Waals surface area contributed by atoms with E-state index in [1.54, 1.807) is 6.92 Å². The van der Waals surface area contributed by atoms with Crippen LogP contribution in [0.2, 0.25) is 0 Å². The van der Waals surface area contributed by atoms with Crippen molar-refractivity contribution in [1.29, 1.82) is 0 Å². The summed E-state index contributed by atoms with van der Waals surface area (Å²) in [5.74, 6) is 0.477. The minimum Gasteiger partial charge on any atom is -0.481 e. The standard InChI is InChI=1S/C17H19NO4S/c1-12(17(19)18-15-8-9-23(20,21)11-15)22-16-7-6-13-4-2-3-5-14(13)10-16/h2-7,10,12,15H,8-9,11H2,1H3,(H,18,19)/t12-,15+/m0/s1. The van der Waals surface area contributed by atoms with Crippen molar-refractivity contribution in [3.63, 3.8) is 0 Å². The number of rotatable bonds is 4. The second-order valence-electron chi connectivity index (χ2n) is 5.88. The molecule has 2 aromatic rings. The van der Waals surface area contributed by atoms with E-state index in [-0.39, 0.29) is 23.5 Å². The van der Waals surface area contributed by atoms with E-state index in [4.69, 9.17) is 4.74 Å². The number of benzene rings is 2. The van der Waals surface area contributed by atoms with Crippen LogP contribution in [0.15, 0.2) is 42.5 Å². The highest BCUT2D eigenvalue weighted by Gasteiger charge is 2.30. The van der Waals surface area contributed by atoms with Crippen molar-refractivity contribution < 1.29 is 17.9 Å². The molecule has 2 aromatic carbocycles. The lowest BCUT2D eigenvalue weighted by Crippen LogP contribution is -2.43. The summed E-state index contributed by atoms with van der Waals surface area (Å²) in [4.78, 5) is 12.1. The number of sulfone groups is 1. The van der Waals surface area contributed by atoms with Gasteiger partial charge in [-0.2, -0.15) is 0 Å². The highest BCUT2D eigenvalue weighted by Crippen LogP contribution is 2.21. The number of amides is 1. The van der Waals surface area contributed by atoms with Crippen LogP contribution in [0.3, 0.4) is 0 Å². The van der Waals surface area contributed by atoms with E-state index in [1.165, 1.54) is 0 Å². The van der Waals surface area contributed by atoms with Gasteiger partial charge in [-0.15, -0.1) is 0 Å². The highest BCUT2D eigenvalue weighted by atomic mass is 32.2. The fourth-order valence-corrected chi connectivity index (χ4v) is 4.40. The maximum Gasteiger partial charge on any atom is 0.261 e. The van der Waals surface area contributed by atoms with Crippen LogP contribution < -0.4 is 10.1 Å². The Morgan fingerprint density at radius 2 is 1.96 bits per heavy atom. The third kappa shape index (κ3) is 3.82. The minimum atomic E-state index is -3.01. The van der Waals surface area contributed by atoms with E-state index in [0.717, 1.165) is 10.8 Å². The first-order chi connectivity index (χ1) is 10.9. The molecule has 3 rings (SSSR count). The highest BCUT2D eigenvalue weighted by molar-refractivity contribution is 7.91. The third-order valence-corrected chi connectivity index (χ3v) is 5.75. The Labute approximate surface area is 135 Å². The number of fused-ring (bicyclic) bond motifs is 1. The second-order valence-corrected chi connectivity index (χ2v) is 8.11. The Morgan fingerprint density at radius 1 is 1.22 bits per heavy atom. The van der Waals surface area contributed by atoms with Crippen LogP contribution >= 0.6 is 0 Å². The number of carbonyl (C=O) groups is 1. The van der Waals surface area contributed by atoms with Crippen LogP contribution in [-0.2, 0) is 14.6 Å². The number of hydrogen-bond donors (Lipinski definition) is 1. The van der Waals surface area contributed by atoms with Gasteiger partial charge in [-0.1, -0.05) is 30.3 Å². The molecule has 23 heavy (non-hydrogen) atoms. The molecule has 0 aliphatic carbocycles. The predicted octanol–water partition coefficient (Wildman–Crippen LogP) is 1.91. The molecule has 5 nitrogen and oxygen atoms in total. The molecule has 1 N–H and O–H groups in total. The van der Waals surface area contributed by atoms with E-state index < -0.39 is 15.9 Å². The lowest BCUT2D eigenvalue weighted by Gasteiger charge is -2.17. The molecule has 0 spiro atoms. The Hall–Kier alpha value is -2.08. The van der Waals surface area contributed by atoms with E-state index in [2.05, 4.69) is 5.32 Å². The van der Waals surface area contributed by atoms with E-state index in [0.29, 0.717) is 12.2 Å². The van der Waals surface area contributed by atoms with Crippen LogP contribution in [0.4, 0.5) is 0 Å². The molecule has 1 aliphatic heterocycles. The van der Waals surface area contributed by atoms with Crippen molar-refractivity contribution in [1.82, 2.24) is 5.32 Å². The Balaban J connectivity index is 1.63. The molecule has 1 aliphatic rings. The van der Waals surface area contributed by atoms with E-state index >= 15 is 0 Å². The molecule has 1 saturated heterocycles. The Kier molecular flexibility index (Phi) is 4.26. The van der Waals surface area contributed by atoms with Gasteiger partial charge in [-0.05, 0) is 36.2 Å². The van der Waals surface area contributed by atoms with Gasteiger partial charge in [0.15, 0.2) is 15.9 Å². The number of hydrogen-bond acceptors (Lipinski definition) is 4. The molecule has 0 unspecified atom stereocenters. The lowest BCUT2D eigenvalue weighted by atomic mass is 10.1. The lowest BCUT2D eigenvalue weighted by molar-refractivity contribution is -0.127. The molecule has 0 radical (unpaired) electrons. The zero-order chi connectivity index (χ0) is 16.4. The van der Waals surface area contributed by atoms with Gasteiger partial charge in [0.1, 0.15) is 5.75 Å². The molecular formula is C17H19NO4S. The zero-order valence-electron chi connectivity index (χ0n) is 12.9. The van der Waals surface area contributed by atoms with Crippen LogP contribution in [-0.4, -0.2) is 38.0 Å². The van der Waals surface area contributed by atoms with Crippen LogP contribution in [0, 0.1) is 0 Å². The summed E-state index contributed by atoms with van der Waals surface area (Å²) in [6, 6.07) is 13.3. The predicted molar refractivity (Wildman–Crippen MR) is 89.2 cm³/mol. The number of ether oxygens (including phenoxy) is 1. The zero-order valence-corrected chi connectivity index (χ0v) is 13.7. The van der Waals surface area contributed by atoms with Crippen molar-refractivity contribution in [3.8, 4) is 5.75 Å². The van der Waals surface area contributed by atoms with E-state index in [9.17, 15) is 13.2 Å². The topological polar surface area (TPSA) is 72.5 Å².